The minimum atomic E-state index is -0.273. The summed E-state index contributed by atoms with van der Waals surface area (Å²) in [5.41, 5.74) is 0.876. The van der Waals surface area contributed by atoms with E-state index in [2.05, 4.69) is 6.92 Å². The van der Waals surface area contributed by atoms with Crippen LogP contribution < -0.4 is 0 Å². The standard InChI is InChI=1S/C8H6Cl3/c1-5(9)6-2-3-7(10)8(11)4-6/h2-5H,1H2. The van der Waals surface area contributed by atoms with E-state index >= 15 is 0 Å². The van der Waals surface area contributed by atoms with Crippen molar-refractivity contribution in [1.29, 1.82) is 0 Å². The van der Waals surface area contributed by atoms with Gasteiger partial charge in [-0.05, 0) is 24.6 Å². The lowest BCUT2D eigenvalue weighted by Gasteiger charge is -2.03. The topological polar surface area (TPSA) is 0 Å². The quantitative estimate of drug-likeness (QED) is 0.609. The molecule has 1 aromatic carbocycles. The Balaban J connectivity index is 3.05. The SMILES string of the molecule is [CH2]C(Cl)c1ccc(Cl)c(Cl)c1. The van der Waals surface area contributed by atoms with Crippen LogP contribution in [0.25, 0.3) is 0 Å². The summed E-state index contributed by atoms with van der Waals surface area (Å²) >= 11 is 17.1. The summed E-state index contributed by atoms with van der Waals surface area (Å²) < 4.78 is 0. The highest BCUT2D eigenvalue weighted by Gasteiger charge is 2.03. The molecule has 0 fully saturated rings. The first-order valence-electron chi connectivity index (χ1n) is 3.03. The number of alkyl halides is 1. The van der Waals surface area contributed by atoms with Crippen molar-refractivity contribution < 1.29 is 0 Å². The molecule has 0 spiro atoms. The van der Waals surface area contributed by atoms with Gasteiger partial charge in [-0.15, -0.1) is 11.6 Å². The van der Waals surface area contributed by atoms with E-state index < -0.39 is 0 Å². The molecule has 0 aromatic heterocycles. The Labute approximate surface area is 81.1 Å². The van der Waals surface area contributed by atoms with E-state index in [9.17, 15) is 0 Å². The van der Waals surface area contributed by atoms with Crippen molar-refractivity contribution in [3.63, 3.8) is 0 Å². The first-order valence-corrected chi connectivity index (χ1v) is 4.22. The van der Waals surface area contributed by atoms with E-state index in [1.807, 2.05) is 0 Å². The molecule has 3 heteroatoms. The molecule has 11 heavy (non-hydrogen) atoms. The molecular weight excluding hydrogens is 202 g/mol. The van der Waals surface area contributed by atoms with Crippen LogP contribution >= 0.6 is 34.8 Å². The van der Waals surface area contributed by atoms with E-state index in [4.69, 9.17) is 34.8 Å². The highest BCUT2D eigenvalue weighted by atomic mass is 35.5. The molecule has 1 aromatic rings. The average Bonchev–Trinajstić information content (AvgIpc) is 1.94. The summed E-state index contributed by atoms with van der Waals surface area (Å²) in [5, 5.41) is 0.774. The maximum Gasteiger partial charge on any atom is 0.0595 e. The molecule has 0 amide bonds. The van der Waals surface area contributed by atoms with Gasteiger partial charge in [-0.2, -0.15) is 0 Å². The lowest BCUT2D eigenvalue weighted by molar-refractivity contribution is 1.21. The molecule has 0 aliphatic heterocycles. The lowest BCUT2D eigenvalue weighted by Crippen LogP contribution is -1.83. The predicted molar refractivity (Wildman–Crippen MR) is 50.4 cm³/mol. The summed E-state index contributed by atoms with van der Waals surface area (Å²) in [5.74, 6) is 0. The van der Waals surface area contributed by atoms with E-state index in [-0.39, 0.29) is 5.38 Å². The molecule has 1 radical (unpaired) electrons. The van der Waals surface area contributed by atoms with Gasteiger partial charge in [0.05, 0.1) is 15.4 Å². The Kier molecular flexibility index (Phi) is 3.06. The van der Waals surface area contributed by atoms with Gasteiger partial charge < -0.3 is 0 Å². The molecule has 1 rings (SSSR count). The number of rotatable bonds is 1. The van der Waals surface area contributed by atoms with Gasteiger partial charge in [0.1, 0.15) is 0 Å². The Morgan fingerprint density at radius 2 is 1.82 bits per heavy atom. The largest absolute Gasteiger partial charge is 0.118 e. The maximum absolute atomic E-state index is 5.74. The molecule has 0 aliphatic carbocycles. The molecule has 0 saturated carbocycles. The van der Waals surface area contributed by atoms with Crippen molar-refractivity contribution in [2.75, 3.05) is 0 Å². The van der Waals surface area contributed by atoms with Crippen molar-refractivity contribution >= 4 is 34.8 Å². The third-order valence-corrected chi connectivity index (χ3v) is 2.30. The number of benzene rings is 1. The fourth-order valence-corrected chi connectivity index (χ4v) is 1.15. The number of hydrogen-bond acceptors (Lipinski definition) is 0. The van der Waals surface area contributed by atoms with Gasteiger partial charge in [0.25, 0.3) is 0 Å². The van der Waals surface area contributed by atoms with Crippen molar-refractivity contribution in [3.8, 4) is 0 Å². The predicted octanol–water partition coefficient (Wildman–Crippen LogP) is 4.11. The molecular formula is C8H6Cl3. The molecule has 0 N–H and O–H groups in total. The van der Waals surface area contributed by atoms with Crippen LogP contribution in [0.2, 0.25) is 10.0 Å². The van der Waals surface area contributed by atoms with Crippen molar-refractivity contribution in [2.45, 2.75) is 5.38 Å². The molecule has 0 saturated heterocycles. The van der Waals surface area contributed by atoms with Gasteiger partial charge in [-0.1, -0.05) is 29.3 Å². The lowest BCUT2D eigenvalue weighted by atomic mass is 10.2. The van der Waals surface area contributed by atoms with Gasteiger partial charge in [0.2, 0.25) is 0 Å². The normalized spacial score (nSPS) is 13.1. The summed E-state index contributed by atoms with van der Waals surface area (Å²) in [4.78, 5) is 0. The number of halogens is 3. The monoisotopic (exact) mass is 207 g/mol. The van der Waals surface area contributed by atoms with Gasteiger partial charge in [0, 0.05) is 0 Å². The minimum absolute atomic E-state index is 0.273. The van der Waals surface area contributed by atoms with Crippen LogP contribution in [0, 0.1) is 6.92 Å². The Bertz CT molecular complexity index is 256. The molecule has 1 atom stereocenters. The summed E-state index contributed by atoms with van der Waals surface area (Å²) in [7, 11) is 0. The van der Waals surface area contributed by atoms with Crippen LogP contribution in [0.5, 0.6) is 0 Å². The molecule has 0 aliphatic rings. The molecule has 0 nitrogen and oxygen atoms in total. The van der Waals surface area contributed by atoms with Crippen LogP contribution in [0.1, 0.15) is 10.9 Å². The second-order valence-electron chi connectivity index (χ2n) is 2.14. The zero-order valence-corrected chi connectivity index (χ0v) is 7.92. The molecule has 59 valence electrons. The smallest absolute Gasteiger partial charge is 0.0595 e. The zero-order chi connectivity index (χ0) is 8.43. The fourth-order valence-electron chi connectivity index (χ4n) is 0.707. The molecule has 0 bridgehead atoms. The highest BCUT2D eigenvalue weighted by molar-refractivity contribution is 6.42. The van der Waals surface area contributed by atoms with Gasteiger partial charge in [0.15, 0.2) is 0 Å². The third kappa shape index (κ3) is 2.26. The third-order valence-electron chi connectivity index (χ3n) is 1.31. The summed E-state index contributed by atoms with van der Waals surface area (Å²) in [6.07, 6.45) is 0. The van der Waals surface area contributed by atoms with E-state index in [0.29, 0.717) is 10.0 Å². The second kappa shape index (κ2) is 3.66. The van der Waals surface area contributed by atoms with Gasteiger partial charge >= 0.3 is 0 Å². The fraction of sp³-hybridized carbons (Fsp3) is 0.125. The summed E-state index contributed by atoms with van der Waals surface area (Å²) in [6.45, 7) is 3.64. The highest BCUT2D eigenvalue weighted by Crippen LogP contribution is 2.27. The number of hydrogen-bond donors (Lipinski definition) is 0. The first kappa shape index (κ1) is 9.18. The van der Waals surface area contributed by atoms with Crippen LogP contribution in [-0.4, -0.2) is 0 Å². The molecule has 0 heterocycles. The second-order valence-corrected chi connectivity index (χ2v) is 3.48. The van der Waals surface area contributed by atoms with Crippen molar-refractivity contribution in [2.24, 2.45) is 0 Å². The van der Waals surface area contributed by atoms with Crippen LogP contribution in [-0.2, 0) is 0 Å². The van der Waals surface area contributed by atoms with E-state index in [1.54, 1.807) is 18.2 Å². The Morgan fingerprint density at radius 1 is 1.18 bits per heavy atom. The van der Waals surface area contributed by atoms with Crippen LogP contribution in [0.3, 0.4) is 0 Å². The van der Waals surface area contributed by atoms with Crippen molar-refractivity contribution in [3.05, 3.63) is 40.7 Å². The zero-order valence-electron chi connectivity index (χ0n) is 5.65. The minimum Gasteiger partial charge on any atom is -0.118 e. The van der Waals surface area contributed by atoms with Crippen LogP contribution in [0.4, 0.5) is 0 Å². The van der Waals surface area contributed by atoms with Gasteiger partial charge in [-0.3, -0.25) is 0 Å². The average molecular weight is 208 g/mol. The van der Waals surface area contributed by atoms with E-state index in [1.165, 1.54) is 0 Å². The first-order chi connectivity index (χ1) is 5.11. The Hall–Kier alpha value is 0.0900. The molecule has 1 unspecified atom stereocenters. The Morgan fingerprint density at radius 3 is 2.27 bits per heavy atom. The van der Waals surface area contributed by atoms with Crippen molar-refractivity contribution in [1.82, 2.24) is 0 Å². The maximum atomic E-state index is 5.74. The van der Waals surface area contributed by atoms with E-state index in [0.717, 1.165) is 5.56 Å². The van der Waals surface area contributed by atoms with Crippen LogP contribution in [0.15, 0.2) is 18.2 Å². The van der Waals surface area contributed by atoms with Gasteiger partial charge in [-0.25, -0.2) is 0 Å². The summed E-state index contributed by atoms with van der Waals surface area (Å²) in [6, 6.07) is 5.23.